The number of ether oxygens (including phenoxy) is 2. The second kappa shape index (κ2) is 7.26. The van der Waals surface area contributed by atoms with Gasteiger partial charge < -0.3 is 24.3 Å². The van der Waals surface area contributed by atoms with Crippen LogP contribution >= 0.6 is 0 Å². The van der Waals surface area contributed by atoms with Gasteiger partial charge in [-0.25, -0.2) is 9.97 Å². The summed E-state index contributed by atoms with van der Waals surface area (Å²) in [6.45, 7) is 2.36. The summed E-state index contributed by atoms with van der Waals surface area (Å²) in [6.07, 6.45) is 4.77. The topological polar surface area (TPSA) is 94.4 Å². The Morgan fingerprint density at radius 3 is 3.12 bits per heavy atom. The first-order valence-electron chi connectivity index (χ1n) is 7.66. The fourth-order valence-electron chi connectivity index (χ4n) is 2.45. The summed E-state index contributed by atoms with van der Waals surface area (Å²) in [4.78, 5) is 26.7. The maximum atomic E-state index is 12.0. The second-order valence-corrected chi connectivity index (χ2v) is 5.41. The Bertz CT molecular complexity index is 750. The molecule has 0 aliphatic carbocycles. The molecular formula is C15H20N6O3. The van der Waals surface area contributed by atoms with Gasteiger partial charge in [0.25, 0.3) is 5.56 Å². The van der Waals surface area contributed by atoms with Gasteiger partial charge in [0, 0.05) is 51.3 Å². The molecule has 3 rings (SSSR count). The van der Waals surface area contributed by atoms with Crippen LogP contribution in [0.25, 0.3) is 0 Å². The van der Waals surface area contributed by atoms with E-state index in [0.29, 0.717) is 43.9 Å². The van der Waals surface area contributed by atoms with Crippen molar-refractivity contribution in [3.63, 3.8) is 0 Å². The van der Waals surface area contributed by atoms with Crippen LogP contribution in [0.5, 0.6) is 5.88 Å². The van der Waals surface area contributed by atoms with E-state index < -0.39 is 0 Å². The lowest BCUT2D eigenvalue weighted by Crippen LogP contribution is -2.46. The number of aryl methyl sites for hydroxylation is 1. The normalized spacial score (nSPS) is 17.6. The van der Waals surface area contributed by atoms with E-state index in [-0.39, 0.29) is 11.7 Å². The van der Waals surface area contributed by atoms with Crippen LogP contribution in [0.2, 0.25) is 0 Å². The first kappa shape index (κ1) is 16.2. The lowest BCUT2D eigenvalue weighted by molar-refractivity contribution is 0.0486. The minimum absolute atomic E-state index is 0.0970. The maximum absolute atomic E-state index is 12.0. The van der Waals surface area contributed by atoms with E-state index in [4.69, 9.17) is 9.47 Å². The Balaban J connectivity index is 1.63. The van der Waals surface area contributed by atoms with Gasteiger partial charge in [-0.05, 0) is 0 Å². The molecule has 1 aliphatic rings. The van der Waals surface area contributed by atoms with Gasteiger partial charge in [-0.2, -0.15) is 4.98 Å². The first-order valence-corrected chi connectivity index (χ1v) is 7.66. The molecule has 1 atom stereocenters. The van der Waals surface area contributed by atoms with Crippen LogP contribution in [0, 0.1) is 0 Å². The van der Waals surface area contributed by atoms with Crippen molar-refractivity contribution in [3.8, 4) is 5.88 Å². The third-order valence-electron chi connectivity index (χ3n) is 3.76. The van der Waals surface area contributed by atoms with Crippen molar-refractivity contribution >= 4 is 11.8 Å². The highest BCUT2D eigenvalue weighted by atomic mass is 16.5. The van der Waals surface area contributed by atoms with Gasteiger partial charge >= 0.3 is 0 Å². The number of methoxy groups -OCH3 is 1. The molecule has 1 unspecified atom stereocenters. The van der Waals surface area contributed by atoms with E-state index in [2.05, 4.69) is 20.3 Å². The fourth-order valence-corrected chi connectivity index (χ4v) is 2.45. The van der Waals surface area contributed by atoms with Crippen molar-refractivity contribution in [1.82, 2.24) is 19.5 Å². The third-order valence-corrected chi connectivity index (χ3v) is 3.76. The van der Waals surface area contributed by atoms with E-state index in [1.54, 1.807) is 38.8 Å². The van der Waals surface area contributed by atoms with Crippen molar-refractivity contribution in [2.24, 2.45) is 7.05 Å². The molecule has 128 valence electrons. The van der Waals surface area contributed by atoms with E-state index in [9.17, 15) is 4.79 Å². The fraction of sp³-hybridized carbons (Fsp3) is 0.467. The van der Waals surface area contributed by atoms with Crippen molar-refractivity contribution < 1.29 is 9.47 Å². The molecule has 1 N–H and O–H groups in total. The summed E-state index contributed by atoms with van der Waals surface area (Å²) < 4.78 is 12.4. The van der Waals surface area contributed by atoms with E-state index in [1.165, 1.54) is 4.57 Å². The van der Waals surface area contributed by atoms with Crippen LogP contribution in [-0.2, 0) is 11.8 Å². The summed E-state index contributed by atoms with van der Waals surface area (Å²) in [5, 5.41) is 3.06. The molecule has 0 aromatic carbocycles. The summed E-state index contributed by atoms with van der Waals surface area (Å²) in [7, 11) is 3.26. The molecule has 9 nitrogen and oxygen atoms in total. The van der Waals surface area contributed by atoms with Crippen LogP contribution in [0.3, 0.4) is 0 Å². The van der Waals surface area contributed by atoms with Crippen LogP contribution < -0.4 is 20.5 Å². The predicted octanol–water partition coefficient (Wildman–Crippen LogP) is -0.104. The zero-order chi connectivity index (χ0) is 16.9. The second-order valence-electron chi connectivity index (χ2n) is 5.41. The molecular weight excluding hydrogens is 312 g/mol. The monoisotopic (exact) mass is 332 g/mol. The van der Waals surface area contributed by atoms with Crippen LogP contribution in [0.1, 0.15) is 0 Å². The minimum atomic E-state index is -0.165. The molecule has 9 heteroatoms. The third kappa shape index (κ3) is 3.62. The van der Waals surface area contributed by atoms with Gasteiger partial charge in [-0.15, -0.1) is 0 Å². The smallest absolute Gasteiger partial charge is 0.293 e. The van der Waals surface area contributed by atoms with Gasteiger partial charge in [0.05, 0.1) is 19.8 Å². The number of anilines is 2. The van der Waals surface area contributed by atoms with Gasteiger partial charge in [0.2, 0.25) is 11.8 Å². The number of nitrogens with one attached hydrogen (secondary N) is 1. The van der Waals surface area contributed by atoms with Crippen molar-refractivity contribution in [1.29, 1.82) is 0 Å². The van der Waals surface area contributed by atoms with E-state index in [1.807, 2.05) is 4.90 Å². The maximum Gasteiger partial charge on any atom is 0.293 e. The molecule has 1 fully saturated rings. The van der Waals surface area contributed by atoms with Crippen LogP contribution in [0.4, 0.5) is 11.8 Å². The zero-order valence-corrected chi connectivity index (χ0v) is 13.7. The highest BCUT2D eigenvalue weighted by Crippen LogP contribution is 2.15. The highest BCUT2D eigenvalue weighted by Gasteiger charge is 2.23. The Labute approximate surface area is 139 Å². The Morgan fingerprint density at radius 1 is 1.42 bits per heavy atom. The summed E-state index contributed by atoms with van der Waals surface area (Å²) in [5.41, 5.74) is -0.165. The molecule has 0 spiro atoms. The van der Waals surface area contributed by atoms with Crippen LogP contribution in [0.15, 0.2) is 29.5 Å². The Kier molecular flexibility index (Phi) is 4.90. The standard InChI is InChI=1S/C15H20N6O3/c1-20-6-5-16-13(14(20)22)18-9-11-10-21(7-8-24-11)15-17-4-3-12(19-15)23-2/h3-6,11H,7-10H2,1-2H3,(H,16,18). The van der Waals surface area contributed by atoms with E-state index in [0.717, 1.165) is 0 Å². The average molecular weight is 332 g/mol. The lowest BCUT2D eigenvalue weighted by atomic mass is 10.2. The first-order chi connectivity index (χ1) is 11.7. The molecule has 1 saturated heterocycles. The summed E-state index contributed by atoms with van der Waals surface area (Å²) in [5.74, 6) is 1.45. The molecule has 24 heavy (non-hydrogen) atoms. The Hall–Kier alpha value is -2.68. The molecule has 2 aromatic rings. The van der Waals surface area contributed by atoms with Crippen molar-refractivity contribution in [2.45, 2.75) is 6.10 Å². The largest absolute Gasteiger partial charge is 0.481 e. The van der Waals surface area contributed by atoms with E-state index >= 15 is 0 Å². The van der Waals surface area contributed by atoms with Gasteiger partial charge in [0.15, 0.2) is 5.82 Å². The van der Waals surface area contributed by atoms with Crippen molar-refractivity contribution in [2.75, 3.05) is 43.6 Å². The quantitative estimate of drug-likeness (QED) is 0.811. The van der Waals surface area contributed by atoms with Gasteiger partial charge in [-0.3, -0.25) is 4.79 Å². The summed E-state index contributed by atoms with van der Waals surface area (Å²) >= 11 is 0. The molecule has 0 saturated carbocycles. The molecule has 2 aromatic heterocycles. The number of nitrogens with zero attached hydrogens (tertiary/aromatic N) is 5. The zero-order valence-electron chi connectivity index (χ0n) is 13.7. The number of hydrogen-bond donors (Lipinski definition) is 1. The molecule has 0 bridgehead atoms. The highest BCUT2D eigenvalue weighted by molar-refractivity contribution is 5.34. The lowest BCUT2D eigenvalue weighted by Gasteiger charge is -2.33. The molecule has 3 heterocycles. The predicted molar refractivity (Wildman–Crippen MR) is 88.5 cm³/mol. The minimum Gasteiger partial charge on any atom is -0.481 e. The SMILES string of the molecule is COc1ccnc(N2CCOC(CNc3nccn(C)c3=O)C2)n1. The molecule has 1 aliphatic heterocycles. The average Bonchev–Trinajstić information content (AvgIpc) is 2.63. The number of hydrogen-bond acceptors (Lipinski definition) is 8. The molecule has 0 radical (unpaired) electrons. The summed E-state index contributed by atoms with van der Waals surface area (Å²) in [6, 6.07) is 1.71. The van der Waals surface area contributed by atoms with Gasteiger partial charge in [0.1, 0.15) is 0 Å². The van der Waals surface area contributed by atoms with Crippen molar-refractivity contribution in [3.05, 3.63) is 35.0 Å². The molecule has 0 amide bonds. The van der Waals surface area contributed by atoms with Crippen LogP contribution in [-0.4, -0.2) is 59.0 Å². The number of rotatable bonds is 5. The number of morpholine rings is 1. The van der Waals surface area contributed by atoms with Gasteiger partial charge in [-0.1, -0.05) is 0 Å². The number of aromatic nitrogens is 4. The Morgan fingerprint density at radius 2 is 2.29 bits per heavy atom.